The number of fused-ring (bicyclic) bond motifs is 1. The van der Waals surface area contributed by atoms with Crippen molar-refractivity contribution in [3.05, 3.63) is 87.7 Å². The Morgan fingerprint density at radius 2 is 1.97 bits per heavy atom. The predicted octanol–water partition coefficient (Wildman–Crippen LogP) is 5.76. The summed E-state index contributed by atoms with van der Waals surface area (Å²) in [5.41, 5.74) is 8.59. The second kappa shape index (κ2) is 10.1. The van der Waals surface area contributed by atoms with Crippen LogP contribution in [0.1, 0.15) is 44.5 Å². The van der Waals surface area contributed by atoms with Gasteiger partial charge in [-0.25, -0.2) is 23.7 Å². The van der Waals surface area contributed by atoms with Crippen LogP contribution in [0.3, 0.4) is 0 Å². The average molecular weight is 588 g/mol. The zero-order valence-electron chi connectivity index (χ0n) is 19.3. The van der Waals surface area contributed by atoms with Crippen molar-refractivity contribution in [1.29, 1.82) is 0 Å². The minimum absolute atomic E-state index is 0.158. The third-order valence-electron chi connectivity index (χ3n) is 5.69. The maximum atomic E-state index is 14.1. The molecule has 0 aliphatic rings. The fourth-order valence-corrected chi connectivity index (χ4v) is 4.64. The summed E-state index contributed by atoms with van der Waals surface area (Å²) in [5.74, 6) is -0.287. The predicted molar refractivity (Wildman–Crippen MR) is 142 cm³/mol. The van der Waals surface area contributed by atoms with E-state index in [0.29, 0.717) is 28.5 Å². The van der Waals surface area contributed by atoms with Crippen molar-refractivity contribution >= 4 is 43.5 Å². The van der Waals surface area contributed by atoms with E-state index in [-0.39, 0.29) is 11.2 Å². The topological polar surface area (TPSA) is 98.2 Å². The fraction of sp³-hybridized carbons (Fsp3) is 0.200. The van der Waals surface area contributed by atoms with Gasteiger partial charge in [0.25, 0.3) is 5.56 Å². The van der Waals surface area contributed by atoms with Gasteiger partial charge in [-0.1, -0.05) is 24.6 Å². The van der Waals surface area contributed by atoms with Crippen LogP contribution in [0, 0.1) is 11.6 Å². The van der Waals surface area contributed by atoms with Gasteiger partial charge in [-0.3, -0.25) is 9.20 Å². The van der Waals surface area contributed by atoms with E-state index in [4.69, 9.17) is 5.73 Å². The first-order chi connectivity index (χ1) is 16.7. The quantitative estimate of drug-likeness (QED) is 0.278. The van der Waals surface area contributed by atoms with Crippen molar-refractivity contribution in [3.63, 3.8) is 0 Å². The van der Waals surface area contributed by atoms with Gasteiger partial charge in [0, 0.05) is 9.78 Å². The number of rotatable bonds is 6. The smallest absolute Gasteiger partial charge is 0.266 e. The fourth-order valence-electron chi connectivity index (χ4n) is 3.73. The van der Waals surface area contributed by atoms with Crippen molar-refractivity contribution in [2.75, 3.05) is 11.1 Å². The summed E-state index contributed by atoms with van der Waals surface area (Å²) in [4.78, 5) is 26.7. The number of pyridine rings is 1. The molecule has 3 heterocycles. The Bertz CT molecular complexity index is 1520. The number of anilines is 2. The number of nitrogen functional groups attached to an aromatic ring is 1. The largest absolute Gasteiger partial charge is 0.383 e. The Kier molecular flexibility index (Phi) is 7.10. The molecular formula is C25H23F2IN6O. The highest BCUT2D eigenvalue weighted by Gasteiger charge is 2.23. The Balaban J connectivity index is 1.91. The van der Waals surface area contributed by atoms with Crippen LogP contribution in [-0.4, -0.2) is 19.4 Å². The molecule has 1 atom stereocenters. The molecule has 0 bridgehead atoms. The molecule has 10 heteroatoms. The standard InChI is InChI=1S/C25H23F2IN6O/c1-4-13(2)21(28)20-23(29)30-12-31-24(20)32-14(3)22-19(15-6-5-7-16(26)10-15)25(35)34-11-17(27)8-9-18(34)33-22/h5-12,14H,4H2,1-3H3,(H3,29,30,31,32)/b21-13-. The molecule has 0 fully saturated rings. The molecule has 7 nitrogen and oxygen atoms in total. The highest BCUT2D eigenvalue weighted by atomic mass is 127. The molecule has 0 aliphatic heterocycles. The molecule has 0 spiro atoms. The van der Waals surface area contributed by atoms with Crippen molar-refractivity contribution in [1.82, 2.24) is 19.4 Å². The number of nitrogens with zero attached hydrogens (tertiary/aromatic N) is 4. The zero-order chi connectivity index (χ0) is 25.3. The summed E-state index contributed by atoms with van der Waals surface area (Å²) in [5, 5.41) is 3.31. The molecule has 0 aliphatic carbocycles. The van der Waals surface area contributed by atoms with Gasteiger partial charge >= 0.3 is 0 Å². The maximum absolute atomic E-state index is 14.1. The number of halogens is 3. The van der Waals surface area contributed by atoms with Crippen LogP contribution in [0.25, 0.3) is 20.4 Å². The van der Waals surface area contributed by atoms with Crippen LogP contribution in [-0.2, 0) is 0 Å². The zero-order valence-corrected chi connectivity index (χ0v) is 21.5. The van der Waals surface area contributed by atoms with Crippen molar-refractivity contribution in [2.24, 2.45) is 0 Å². The number of nitrogens with one attached hydrogen (secondary N) is 1. The summed E-state index contributed by atoms with van der Waals surface area (Å²) in [6, 6.07) is 7.78. The second-order valence-corrected chi connectivity index (χ2v) is 9.14. The van der Waals surface area contributed by atoms with E-state index in [1.165, 1.54) is 36.7 Å². The van der Waals surface area contributed by atoms with Gasteiger partial charge in [0.1, 0.15) is 35.2 Å². The van der Waals surface area contributed by atoms with Crippen molar-refractivity contribution < 1.29 is 8.78 Å². The summed E-state index contributed by atoms with van der Waals surface area (Å²) in [6.45, 7) is 5.87. The molecule has 0 radical (unpaired) electrons. The highest BCUT2D eigenvalue weighted by Crippen LogP contribution is 2.36. The lowest BCUT2D eigenvalue weighted by Gasteiger charge is -2.21. The Morgan fingerprint density at radius 1 is 1.20 bits per heavy atom. The summed E-state index contributed by atoms with van der Waals surface area (Å²) >= 11 is 2.22. The number of hydrogen-bond donors (Lipinski definition) is 2. The molecule has 3 N–H and O–H groups in total. The third-order valence-corrected chi connectivity index (χ3v) is 7.15. The molecule has 4 rings (SSSR count). The van der Waals surface area contributed by atoms with Crippen LogP contribution < -0.4 is 16.6 Å². The minimum Gasteiger partial charge on any atom is -0.383 e. The van der Waals surface area contributed by atoms with Crippen molar-refractivity contribution in [2.45, 2.75) is 33.2 Å². The first kappa shape index (κ1) is 24.7. The lowest BCUT2D eigenvalue weighted by atomic mass is 10.0. The Labute approximate surface area is 214 Å². The van der Waals surface area contributed by atoms with E-state index < -0.39 is 23.2 Å². The molecule has 0 saturated heterocycles. The lowest BCUT2D eigenvalue weighted by molar-refractivity contribution is 0.617. The van der Waals surface area contributed by atoms with E-state index in [2.05, 4.69) is 42.9 Å². The van der Waals surface area contributed by atoms with Gasteiger partial charge in [0.15, 0.2) is 0 Å². The monoisotopic (exact) mass is 588 g/mol. The molecular weight excluding hydrogens is 565 g/mol. The van der Waals surface area contributed by atoms with Gasteiger partial charge in [-0.15, -0.1) is 0 Å². The number of aromatic nitrogens is 4. The molecule has 3 aromatic heterocycles. The van der Waals surface area contributed by atoms with Crippen molar-refractivity contribution in [3.8, 4) is 11.1 Å². The lowest BCUT2D eigenvalue weighted by Crippen LogP contribution is -2.23. The minimum atomic E-state index is -0.584. The Morgan fingerprint density at radius 3 is 2.69 bits per heavy atom. The van der Waals surface area contributed by atoms with Gasteiger partial charge in [0.2, 0.25) is 0 Å². The second-order valence-electron chi connectivity index (χ2n) is 8.06. The highest BCUT2D eigenvalue weighted by molar-refractivity contribution is 14.1. The van der Waals surface area contributed by atoms with Gasteiger partial charge in [-0.2, -0.15) is 0 Å². The summed E-state index contributed by atoms with van der Waals surface area (Å²) in [6.07, 6.45) is 3.25. The molecule has 4 aromatic rings. The van der Waals surface area contributed by atoms with E-state index >= 15 is 0 Å². The normalized spacial score (nSPS) is 13.0. The van der Waals surface area contributed by atoms with Crippen LogP contribution >= 0.6 is 22.6 Å². The molecule has 180 valence electrons. The van der Waals surface area contributed by atoms with Crippen LogP contribution in [0.15, 0.2) is 59.3 Å². The molecule has 35 heavy (non-hydrogen) atoms. The summed E-state index contributed by atoms with van der Waals surface area (Å²) < 4.78 is 30.1. The van der Waals surface area contributed by atoms with Crippen LogP contribution in [0.2, 0.25) is 0 Å². The SMILES string of the molecule is CC/C(C)=C(\I)c1c(N)ncnc1NC(C)c1nc2ccc(F)cn2c(=O)c1-c1cccc(F)c1. The molecule has 0 saturated carbocycles. The third kappa shape index (κ3) is 4.88. The summed E-state index contributed by atoms with van der Waals surface area (Å²) in [7, 11) is 0. The van der Waals surface area contributed by atoms with E-state index in [0.717, 1.165) is 26.2 Å². The Hall–Kier alpha value is -3.41. The number of allylic oxidation sites excluding steroid dienone is 1. The van der Waals surface area contributed by atoms with Gasteiger partial charge in [0.05, 0.1) is 22.9 Å². The number of nitrogens with two attached hydrogens (primary N) is 1. The van der Waals surface area contributed by atoms with E-state index in [1.807, 2.05) is 20.8 Å². The van der Waals surface area contributed by atoms with E-state index in [1.54, 1.807) is 6.07 Å². The average Bonchev–Trinajstić information content (AvgIpc) is 2.83. The molecule has 1 unspecified atom stereocenters. The first-order valence-electron chi connectivity index (χ1n) is 10.9. The van der Waals surface area contributed by atoms with Gasteiger partial charge < -0.3 is 11.1 Å². The molecule has 0 amide bonds. The number of benzene rings is 1. The maximum Gasteiger partial charge on any atom is 0.266 e. The first-order valence-corrected chi connectivity index (χ1v) is 12.0. The van der Waals surface area contributed by atoms with Crippen LogP contribution in [0.5, 0.6) is 0 Å². The van der Waals surface area contributed by atoms with Gasteiger partial charge in [-0.05, 0) is 72.7 Å². The molecule has 1 aromatic carbocycles. The van der Waals surface area contributed by atoms with Crippen LogP contribution in [0.4, 0.5) is 20.4 Å². The number of hydrogen-bond acceptors (Lipinski definition) is 6. The van der Waals surface area contributed by atoms with E-state index in [9.17, 15) is 13.6 Å².